The molecular weight excluding hydrogens is 332 g/mol. The van der Waals surface area contributed by atoms with Gasteiger partial charge in [-0.1, -0.05) is 23.7 Å². The minimum absolute atomic E-state index is 0.237. The maximum atomic E-state index is 11.9. The summed E-state index contributed by atoms with van der Waals surface area (Å²) >= 11 is 5.86. The number of carbonyl (C=O) groups is 2. The van der Waals surface area contributed by atoms with E-state index in [-0.39, 0.29) is 28.6 Å². The molecule has 0 unspecified atom stereocenters. The van der Waals surface area contributed by atoms with Gasteiger partial charge in [-0.15, -0.1) is 0 Å². The Balaban J connectivity index is 1.86. The zero-order valence-electron chi connectivity index (χ0n) is 11.5. The number of hydrogen-bond acceptors (Lipinski definition) is 5. The molecule has 2 amide bonds. The molecule has 1 aliphatic rings. The molecule has 9 heteroatoms. The number of halogens is 1. The normalized spacial score (nSPS) is 23.0. The molecule has 1 aliphatic heterocycles. The van der Waals surface area contributed by atoms with Crippen molar-refractivity contribution in [3.05, 3.63) is 34.9 Å². The topological polar surface area (TPSA) is 113 Å². The summed E-state index contributed by atoms with van der Waals surface area (Å²) in [7, 11) is -3.34. The summed E-state index contributed by atoms with van der Waals surface area (Å²) in [6.07, 6.45) is -1.13. The fourth-order valence-corrected chi connectivity index (χ4v) is 4.09. The Hall–Kier alpha value is -1.64. The highest BCUT2D eigenvalue weighted by molar-refractivity contribution is 7.91. The SMILES string of the molecule is O=C(CNC(=O)c1ccccc1Cl)N[C@@H]1CS(=O)(=O)C[C@H]1O. The third kappa shape index (κ3) is 4.19. The summed E-state index contributed by atoms with van der Waals surface area (Å²) in [5.41, 5.74) is 0.237. The van der Waals surface area contributed by atoms with E-state index in [1.54, 1.807) is 18.2 Å². The molecule has 2 rings (SSSR count). The van der Waals surface area contributed by atoms with Crippen molar-refractivity contribution >= 4 is 33.3 Å². The second-order valence-corrected chi connectivity index (χ2v) is 7.54. The number of aliphatic hydroxyl groups is 1. The van der Waals surface area contributed by atoms with Gasteiger partial charge in [0.2, 0.25) is 5.91 Å². The van der Waals surface area contributed by atoms with Crippen LogP contribution in [0.4, 0.5) is 0 Å². The van der Waals surface area contributed by atoms with Gasteiger partial charge in [0.1, 0.15) is 0 Å². The smallest absolute Gasteiger partial charge is 0.253 e. The van der Waals surface area contributed by atoms with Crippen LogP contribution in [0.25, 0.3) is 0 Å². The molecule has 1 heterocycles. The maximum Gasteiger partial charge on any atom is 0.253 e. The van der Waals surface area contributed by atoms with Crippen LogP contribution in [0.15, 0.2) is 24.3 Å². The lowest BCUT2D eigenvalue weighted by molar-refractivity contribution is -0.121. The van der Waals surface area contributed by atoms with E-state index in [1.165, 1.54) is 6.07 Å². The number of hydrogen-bond donors (Lipinski definition) is 3. The quantitative estimate of drug-likeness (QED) is 0.670. The lowest BCUT2D eigenvalue weighted by Crippen LogP contribution is -2.46. The summed E-state index contributed by atoms with van der Waals surface area (Å²) in [6, 6.07) is 5.53. The number of rotatable bonds is 4. The Bertz CT molecular complexity index is 691. The van der Waals surface area contributed by atoms with Crippen LogP contribution in [0.1, 0.15) is 10.4 Å². The van der Waals surface area contributed by atoms with Gasteiger partial charge >= 0.3 is 0 Å². The molecule has 0 bridgehead atoms. The predicted molar refractivity (Wildman–Crippen MR) is 80.4 cm³/mol. The molecule has 22 heavy (non-hydrogen) atoms. The molecule has 0 radical (unpaired) electrons. The van der Waals surface area contributed by atoms with Gasteiger partial charge in [0.15, 0.2) is 9.84 Å². The highest BCUT2D eigenvalue weighted by atomic mass is 35.5. The number of amides is 2. The van der Waals surface area contributed by atoms with Crippen LogP contribution in [-0.2, 0) is 14.6 Å². The largest absolute Gasteiger partial charge is 0.390 e. The highest BCUT2D eigenvalue weighted by Crippen LogP contribution is 2.14. The monoisotopic (exact) mass is 346 g/mol. The van der Waals surface area contributed by atoms with Crippen LogP contribution >= 0.6 is 11.6 Å². The zero-order valence-corrected chi connectivity index (χ0v) is 13.0. The molecule has 1 aromatic rings. The Morgan fingerprint density at radius 3 is 2.55 bits per heavy atom. The van der Waals surface area contributed by atoms with Gasteiger partial charge in [0, 0.05) is 0 Å². The molecule has 1 aromatic carbocycles. The Labute approximate surface area is 132 Å². The van der Waals surface area contributed by atoms with Crippen LogP contribution in [0.3, 0.4) is 0 Å². The first-order valence-corrected chi connectivity index (χ1v) is 8.69. The van der Waals surface area contributed by atoms with Gasteiger partial charge in [0.05, 0.1) is 40.8 Å². The van der Waals surface area contributed by atoms with E-state index in [0.717, 1.165) is 0 Å². The molecule has 120 valence electrons. The molecular formula is C13H15ClN2O5S. The number of benzene rings is 1. The van der Waals surface area contributed by atoms with Gasteiger partial charge in [-0.05, 0) is 12.1 Å². The van der Waals surface area contributed by atoms with E-state index in [9.17, 15) is 23.1 Å². The predicted octanol–water partition coefficient (Wildman–Crippen LogP) is -0.656. The summed E-state index contributed by atoms with van der Waals surface area (Å²) < 4.78 is 22.7. The fraction of sp³-hybridized carbons (Fsp3) is 0.385. The summed E-state index contributed by atoms with van der Waals surface area (Å²) in [5.74, 6) is -1.77. The molecule has 1 saturated heterocycles. The van der Waals surface area contributed by atoms with Gasteiger partial charge in [-0.2, -0.15) is 0 Å². The van der Waals surface area contributed by atoms with Crippen LogP contribution in [-0.4, -0.2) is 55.5 Å². The summed E-state index contributed by atoms with van der Waals surface area (Å²) in [5, 5.41) is 14.6. The third-order valence-corrected chi connectivity index (χ3v) is 5.24. The van der Waals surface area contributed by atoms with Crippen molar-refractivity contribution < 1.29 is 23.1 Å². The van der Waals surface area contributed by atoms with Crippen molar-refractivity contribution in [1.82, 2.24) is 10.6 Å². The van der Waals surface area contributed by atoms with Crippen molar-refractivity contribution in [1.29, 1.82) is 0 Å². The highest BCUT2D eigenvalue weighted by Gasteiger charge is 2.37. The first kappa shape index (κ1) is 16.7. The Kier molecular flexibility index (Phi) is 5.05. The van der Waals surface area contributed by atoms with E-state index in [1.807, 2.05) is 0 Å². The Morgan fingerprint density at radius 1 is 1.27 bits per heavy atom. The molecule has 0 spiro atoms. The van der Waals surface area contributed by atoms with E-state index in [2.05, 4.69) is 10.6 Å². The van der Waals surface area contributed by atoms with Crippen molar-refractivity contribution in [2.24, 2.45) is 0 Å². The molecule has 1 fully saturated rings. The van der Waals surface area contributed by atoms with Crippen molar-refractivity contribution in [3.8, 4) is 0 Å². The molecule has 7 nitrogen and oxygen atoms in total. The summed E-state index contributed by atoms with van der Waals surface area (Å²) in [6.45, 7) is -0.340. The van der Waals surface area contributed by atoms with Crippen LogP contribution in [0.2, 0.25) is 5.02 Å². The molecule has 0 aromatic heterocycles. The molecule has 0 saturated carbocycles. The minimum atomic E-state index is -3.34. The van der Waals surface area contributed by atoms with Gasteiger partial charge in [-0.25, -0.2) is 8.42 Å². The van der Waals surface area contributed by atoms with Crippen LogP contribution in [0.5, 0.6) is 0 Å². The maximum absolute atomic E-state index is 11.9. The van der Waals surface area contributed by atoms with Crippen molar-refractivity contribution in [2.75, 3.05) is 18.1 Å². The van der Waals surface area contributed by atoms with Crippen LogP contribution < -0.4 is 10.6 Å². The van der Waals surface area contributed by atoms with E-state index >= 15 is 0 Å². The first-order valence-electron chi connectivity index (χ1n) is 6.49. The number of nitrogens with one attached hydrogen (secondary N) is 2. The van der Waals surface area contributed by atoms with E-state index in [4.69, 9.17) is 11.6 Å². The van der Waals surface area contributed by atoms with Gasteiger partial charge in [-0.3, -0.25) is 9.59 Å². The number of sulfone groups is 1. The van der Waals surface area contributed by atoms with Gasteiger partial charge in [0.25, 0.3) is 5.91 Å². The van der Waals surface area contributed by atoms with Crippen LogP contribution in [0, 0.1) is 0 Å². The second kappa shape index (κ2) is 6.64. The zero-order chi connectivity index (χ0) is 16.3. The average molecular weight is 347 g/mol. The lowest BCUT2D eigenvalue weighted by Gasteiger charge is -2.15. The molecule has 0 aliphatic carbocycles. The lowest BCUT2D eigenvalue weighted by atomic mass is 10.2. The first-order chi connectivity index (χ1) is 10.3. The average Bonchev–Trinajstić information content (AvgIpc) is 2.69. The summed E-state index contributed by atoms with van der Waals surface area (Å²) in [4.78, 5) is 23.6. The Morgan fingerprint density at radius 2 is 1.95 bits per heavy atom. The molecule has 2 atom stereocenters. The standard InChI is InChI=1S/C13H15ClN2O5S/c14-9-4-2-1-3-8(9)13(19)15-5-12(18)16-10-6-22(20,21)7-11(10)17/h1-4,10-11,17H,5-7H2,(H,15,19)(H,16,18)/t10-,11-/m1/s1. The molecule has 3 N–H and O–H groups in total. The van der Waals surface area contributed by atoms with Crippen molar-refractivity contribution in [3.63, 3.8) is 0 Å². The van der Waals surface area contributed by atoms with E-state index in [0.29, 0.717) is 0 Å². The number of aliphatic hydroxyl groups excluding tert-OH is 1. The fourth-order valence-electron chi connectivity index (χ4n) is 2.13. The van der Waals surface area contributed by atoms with Crippen molar-refractivity contribution in [2.45, 2.75) is 12.1 Å². The second-order valence-electron chi connectivity index (χ2n) is 4.98. The van der Waals surface area contributed by atoms with Gasteiger partial charge < -0.3 is 15.7 Å². The minimum Gasteiger partial charge on any atom is -0.390 e. The third-order valence-electron chi connectivity index (χ3n) is 3.20. The number of carbonyl (C=O) groups excluding carboxylic acids is 2. The van der Waals surface area contributed by atoms with E-state index < -0.39 is 33.8 Å².